The molecule has 0 bridgehead atoms. The summed E-state index contributed by atoms with van der Waals surface area (Å²) < 4.78 is 0.650. The second-order valence-electron chi connectivity index (χ2n) is 3.73. The number of hydrogen-bond donors (Lipinski definition) is 3. The van der Waals surface area contributed by atoms with E-state index in [0.29, 0.717) is 11.0 Å². The predicted molar refractivity (Wildman–Crippen MR) is 73.0 cm³/mol. The van der Waals surface area contributed by atoms with Crippen molar-refractivity contribution in [3.63, 3.8) is 0 Å². The van der Waals surface area contributed by atoms with E-state index in [0.717, 1.165) is 12.8 Å². The maximum Gasteiger partial charge on any atom is 0.337 e. The van der Waals surface area contributed by atoms with Gasteiger partial charge in [-0.2, -0.15) is 0 Å². The van der Waals surface area contributed by atoms with E-state index < -0.39 is 12.0 Å². The quantitative estimate of drug-likeness (QED) is 0.731. The number of halogens is 1. The van der Waals surface area contributed by atoms with Gasteiger partial charge in [0.1, 0.15) is 0 Å². The summed E-state index contributed by atoms with van der Waals surface area (Å²) in [5, 5.41) is 14.2. The Morgan fingerprint density at radius 1 is 1.39 bits per heavy atom. The number of unbranched alkanes of at least 4 members (excludes halogenated alkanes) is 1. The molecule has 0 atom stereocenters. The standard InChI is InChI=1S/C12H15BrN2O3/c1-2-3-6-14-12(18)15-10-5-4-8(13)7-9(10)11(16)17/h4-5,7H,2-3,6H2,1H3,(H,16,17)(H2,14,15,18). The van der Waals surface area contributed by atoms with Crippen LogP contribution in [0.15, 0.2) is 22.7 Å². The minimum Gasteiger partial charge on any atom is -0.478 e. The van der Waals surface area contributed by atoms with Crippen LogP contribution in [0.1, 0.15) is 30.1 Å². The molecule has 98 valence electrons. The molecule has 0 aromatic heterocycles. The lowest BCUT2D eigenvalue weighted by atomic mass is 10.2. The fraction of sp³-hybridized carbons (Fsp3) is 0.333. The van der Waals surface area contributed by atoms with Gasteiger partial charge in [-0.05, 0) is 24.6 Å². The topological polar surface area (TPSA) is 78.4 Å². The molecule has 0 aliphatic heterocycles. The van der Waals surface area contributed by atoms with Crippen molar-refractivity contribution in [2.24, 2.45) is 0 Å². The highest BCUT2D eigenvalue weighted by Crippen LogP contribution is 2.21. The molecule has 0 aliphatic rings. The van der Waals surface area contributed by atoms with E-state index in [1.54, 1.807) is 12.1 Å². The fourth-order valence-corrected chi connectivity index (χ4v) is 1.71. The van der Waals surface area contributed by atoms with E-state index in [-0.39, 0.29) is 11.3 Å². The number of carboxylic acid groups (broad SMARTS) is 1. The molecule has 1 aromatic carbocycles. The summed E-state index contributed by atoms with van der Waals surface area (Å²) in [4.78, 5) is 22.5. The van der Waals surface area contributed by atoms with E-state index in [2.05, 4.69) is 26.6 Å². The monoisotopic (exact) mass is 314 g/mol. The van der Waals surface area contributed by atoms with Gasteiger partial charge in [-0.3, -0.25) is 0 Å². The first kappa shape index (κ1) is 14.5. The number of amides is 2. The average molecular weight is 315 g/mol. The molecule has 0 saturated heterocycles. The van der Waals surface area contributed by atoms with Crippen LogP contribution >= 0.6 is 15.9 Å². The Bertz CT molecular complexity index is 449. The minimum atomic E-state index is -1.08. The van der Waals surface area contributed by atoms with Crippen LogP contribution in [0.4, 0.5) is 10.5 Å². The number of aromatic carboxylic acids is 1. The maximum atomic E-state index is 11.5. The van der Waals surface area contributed by atoms with Crippen LogP contribution in [0.2, 0.25) is 0 Å². The number of anilines is 1. The summed E-state index contributed by atoms with van der Waals surface area (Å²) in [7, 11) is 0. The van der Waals surface area contributed by atoms with Crippen LogP contribution in [-0.2, 0) is 0 Å². The van der Waals surface area contributed by atoms with Gasteiger partial charge in [-0.15, -0.1) is 0 Å². The highest BCUT2D eigenvalue weighted by Gasteiger charge is 2.12. The number of rotatable bonds is 5. The summed E-state index contributed by atoms with van der Waals surface area (Å²) in [6.07, 6.45) is 1.87. The van der Waals surface area contributed by atoms with Crippen molar-refractivity contribution >= 4 is 33.6 Å². The Kier molecular flexibility index (Phi) is 5.64. The van der Waals surface area contributed by atoms with Gasteiger partial charge in [0.2, 0.25) is 0 Å². The molecule has 6 heteroatoms. The lowest BCUT2D eigenvalue weighted by molar-refractivity contribution is 0.0698. The highest BCUT2D eigenvalue weighted by atomic mass is 79.9. The van der Waals surface area contributed by atoms with E-state index in [1.165, 1.54) is 6.07 Å². The predicted octanol–water partition coefficient (Wildman–Crippen LogP) is 3.07. The smallest absolute Gasteiger partial charge is 0.337 e. The number of carboxylic acids is 1. The first-order valence-corrected chi connectivity index (χ1v) is 6.41. The Hall–Kier alpha value is -1.56. The fourth-order valence-electron chi connectivity index (χ4n) is 1.35. The molecule has 0 radical (unpaired) electrons. The summed E-state index contributed by atoms with van der Waals surface area (Å²) in [5.41, 5.74) is 0.328. The van der Waals surface area contributed by atoms with Crippen molar-refractivity contribution < 1.29 is 14.7 Å². The maximum absolute atomic E-state index is 11.5. The Labute approximate surface area is 114 Å². The van der Waals surface area contributed by atoms with Crippen molar-refractivity contribution in [3.8, 4) is 0 Å². The largest absolute Gasteiger partial charge is 0.478 e. The van der Waals surface area contributed by atoms with Crippen LogP contribution in [0.5, 0.6) is 0 Å². The first-order chi connectivity index (χ1) is 8.54. The van der Waals surface area contributed by atoms with Gasteiger partial charge in [0.05, 0.1) is 11.3 Å². The molecule has 1 rings (SSSR count). The molecule has 3 N–H and O–H groups in total. The normalized spacial score (nSPS) is 9.89. The summed E-state index contributed by atoms with van der Waals surface area (Å²) in [5.74, 6) is -1.08. The number of nitrogens with one attached hydrogen (secondary N) is 2. The third-order valence-electron chi connectivity index (χ3n) is 2.28. The van der Waals surface area contributed by atoms with Gasteiger partial charge in [0.25, 0.3) is 0 Å². The molecular weight excluding hydrogens is 300 g/mol. The Balaban J connectivity index is 2.72. The van der Waals surface area contributed by atoms with E-state index in [9.17, 15) is 9.59 Å². The molecule has 0 fully saturated rings. The van der Waals surface area contributed by atoms with Gasteiger partial charge in [-0.1, -0.05) is 29.3 Å². The van der Waals surface area contributed by atoms with Crippen molar-refractivity contribution in [1.82, 2.24) is 5.32 Å². The number of hydrogen-bond acceptors (Lipinski definition) is 2. The van der Waals surface area contributed by atoms with Crippen LogP contribution in [0, 0.1) is 0 Å². The lowest BCUT2D eigenvalue weighted by Crippen LogP contribution is -2.30. The Morgan fingerprint density at radius 2 is 2.11 bits per heavy atom. The number of benzene rings is 1. The van der Waals surface area contributed by atoms with E-state index in [4.69, 9.17) is 5.11 Å². The average Bonchev–Trinajstić information content (AvgIpc) is 2.31. The van der Waals surface area contributed by atoms with Gasteiger partial charge in [-0.25, -0.2) is 9.59 Å². The zero-order valence-electron chi connectivity index (χ0n) is 10.00. The zero-order valence-corrected chi connectivity index (χ0v) is 11.6. The van der Waals surface area contributed by atoms with Gasteiger partial charge >= 0.3 is 12.0 Å². The molecule has 0 aliphatic carbocycles. The van der Waals surface area contributed by atoms with Gasteiger partial charge in [0, 0.05) is 11.0 Å². The van der Waals surface area contributed by atoms with Crippen molar-refractivity contribution in [2.75, 3.05) is 11.9 Å². The molecule has 0 unspecified atom stereocenters. The molecule has 5 nitrogen and oxygen atoms in total. The lowest BCUT2D eigenvalue weighted by Gasteiger charge is -2.10. The molecule has 18 heavy (non-hydrogen) atoms. The van der Waals surface area contributed by atoms with Crippen LogP contribution in [0.3, 0.4) is 0 Å². The SMILES string of the molecule is CCCCNC(=O)Nc1ccc(Br)cc1C(=O)O. The number of carbonyl (C=O) groups is 2. The van der Waals surface area contributed by atoms with E-state index >= 15 is 0 Å². The van der Waals surface area contributed by atoms with Gasteiger partial charge in [0.15, 0.2) is 0 Å². The number of urea groups is 1. The molecular formula is C12H15BrN2O3. The summed E-state index contributed by atoms with van der Waals surface area (Å²) in [6, 6.07) is 4.28. The summed E-state index contributed by atoms with van der Waals surface area (Å²) in [6.45, 7) is 2.60. The Morgan fingerprint density at radius 3 is 2.72 bits per heavy atom. The second kappa shape index (κ2) is 7.00. The van der Waals surface area contributed by atoms with Gasteiger partial charge < -0.3 is 15.7 Å². The van der Waals surface area contributed by atoms with Crippen LogP contribution in [-0.4, -0.2) is 23.7 Å². The summed E-state index contributed by atoms with van der Waals surface area (Å²) >= 11 is 3.19. The van der Waals surface area contributed by atoms with Crippen molar-refractivity contribution in [2.45, 2.75) is 19.8 Å². The van der Waals surface area contributed by atoms with Crippen molar-refractivity contribution in [1.29, 1.82) is 0 Å². The molecule has 0 saturated carbocycles. The second-order valence-corrected chi connectivity index (χ2v) is 4.65. The highest BCUT2D eigenvalue weighted by molar-refractivity contribution is 9.10. The first-order valence-electron chi connectivity index (χ1n) is 5.62. The molecule has 1 aromatic rings. The third-order valence-corrected chi connectivity index (χ3v) is 2.77. The third kappa shape index (κ3) is 4.37. The molecule has 0 spiro atoms. The van der Waals surface area contributed by atoms with Crippen LogP contribution < -0.4 is 10.6 Å². The minimum absolute atomic E-state index is 0.0509. The zero-order chi connectivity index (χ0) is 13.5. The van der Waals surface area contributed by atoms with Crippen LogP contribution in [0.25, 0.3) is 0 Å². The number of carbonyl (C=O) groups excluding carboxylic acids is 1. The molecule has 2 amide bonds. The van der Waals surface area contributed by atoms with E-state index in [1.807, 2.05) is 6.92 Å². The van der Waals surface area contributed by atoms with Crippen molar-refractivity contribution in [3.05, 3.63) is 28.2 Å². The molecule has 0 heterocycles.